The lowest BCUT2D eigenvalue weighted by Gasteiger charge is -2.17. The van der Waals surface area contributed by atoms with Crippen LogP contribution in [0, 0.1) is 0 Å². The average molecular weight is 333 g/mol. The summed E-state index contributed by atoms with van der Waals surface area (Å²) in [5.74, 6) is 0.0901. The molecule has 0 heterocycles. The minimum absolute atomic E-state index is 0.0858. The van der Waals surface area contributed by atoms with Gasteiger partial charge in [0.15, 0.2) is 0 Å². The zero-order valence-electron chi connectivity index (χ0n) is 12.8. The van der Waals surface area contributed by atoms with Crippen molar-refractivity contribution >= 4 is 17.6 Å². The van der Waals surface area contributed by atoms with Gasteiger partial charge >= 0.3 is 6.03 Å². The largest absolute Gasteiger partial charge is 0.396 e. The standard InChI is InChI=1S/C18H21ClN2O2/c19-17-9-5-4-8-16(17)13-21-18(23)20-12-15(10-11-22)14-6-2-1-3-7-14/h1-9,15,22H,10-13H2,(H2,20,21,23). The molecular weight excluding hydrogens is 312 g/mol. The molecule has 0 aliphatic rings. The summed E-state index contributed by atoms with van der Waals surface area (Å²) in [4.78, 5) is 11.9. The van der Waals surface area contributed by atoms with E-state index in [1.807, 2.05) is 48.5 Å². The highest BCUT2D eigenvalue weighted by Gasteiger charge is 2.12. The maximum Gasteiger partial charge on any atom is 0.315 e. The van der Waals surface area contributed by atoms with Gasteiger partial charge in [-0.3, -0.25) is 0 Å². The number of aliphatic hydroxyl groups excluding tert-OH is 1. The summed E-state index contributed by atoms with van der Waals surface area (Å²) in [5, 5.41) is 15.5. The topological polar surface area (TPSA) is 61.4 Å². The summed E-state index contributed by atoms with van der Waals surface area (Å²) in [6.45, 7) is 0.933. The van der Waals surface area contributed by atoms with Gasteiger partial charge in [0.05, 0.1) is 0 Å². The van der Waals surface area contributed by atoms with Gasteiger partial charge < -0.3 is 15.7 Å². The third kappa shape index (κ3) is 5.58. The molecule has 0 aromatic heterocycles. The van der Waals surface area contributed by atoms with Gasteiger partial charge in [-0.05, 0) is 23.6 Å². The highest BCUT2D eigenvalue weighted by Crippen LogP contribution is 2.18. The minimum Gasteiger partial charge on any atom is -0.396 e. The lowest BCUT2D eigenvalue weighted by atomic mass is 9.96. The molecule has 0 aliphatic carbocycles. The van der Waals surface area contributed by atoms with Crippen molar-refractivity contribution in [2.24, 2.45) is 0 Å². The molecular formula is C18H21ClN2O2. The number of amides is 2. The van der Waals surface area contributed by atoms with Crippen molar-refractivity contribution in [3.05, 3.63) is 70.7 Å². The van der Waals surface area contributed by atoms with E-state index >= 15 is 0 Å². The molecule has 2 aromatic rings. The average Bonchev–Trinajstić information content (AvgIpc) is 2.58. The Labute approximate surface area is 141 Å². The number of carbonyl (C=O) groups is 1. The van der Waals surface area contributed by atoms with E-state index < -0.39 is 0 Å². The van der Waals surface area contributed by atoms with Gasteiger partial charge in [0.1, 0.15) is 0 Å². The molecule has 0 bridgehead atoms. The summed E-state index contributed by atoms with van der Waals surface area (Å²) in [7, 11) is 0. The quantitative estimate of drug-likeness (QED) is 0.728. The van der Waals surface area contributed by atoms with Crippen LogP contribution in [0.2, 0.25) is 5.02 Å². The predicted octanol–water partition coefficient (Wildman–Crippen LogP) is 3.31. The minimum atomic E-state index is -0.246. The fourth-order valence-electron chi connectivity index (χ4n) is 2.36. The zero-order chi connectivity index (χ0) is 16.5. The van der Waals surface area contributed by atoms with E-state index in [-0.39, 0.29) is 18.6 Å². The Bertz CT molecular complexity index is 619. The number of rotatable bonds is 7. The number of aliphatic hydroxyl groups is 1. The summed E-state index contributed by atoms with van der Waals surface area (Å²) in [6.07, 6.45) is 0.606. The van der Waals surface area contributed by atoms with Gasteiger partial charge in [-0.1, -0.05) is 60.1 Å². The van der Waals surface area contributed by atoms with Crippen LogP contribution in [0.4, 0.5) is 4.79 Å². The van der Waals surface area contributed by atoms with E-state index in [2.05, 4.69) is 10.6 Å². The van der Waals surface area contributed by atoms with Crippen LogP contribution < -0.4 is 10.6 Å². The molecule has 4 nitrogen and oxygen atoms in total. The molecule has 0 radical (unpaired) electrons. The number of nitrogens with one attached hydrogen (secondary N) is 2. The van der Waals surface area contributed by atoms with Gasteiger partial charge in [0.25, 0.3) is 0 Å². The Morgan fingerprint density at radius 2 is 1.74 bits per heavy atom. The fourth-order valence-corrected chi connectivity index (χ4v) is 2.57. The number of carbonyl (C=O) groups excluding carboxylic acids is 1. The predicted molar refractivity (Wildman–Crippen MR) is 92.6 cm³/mol. The van der Waals surface area contributed by atoms with Crippen molar-refractivity contribution in [1.82, 2.24) is 10.6 Å². The summed E-state index contributed by atoms with van der Waals surface area (Å²) in [5.41, 5.74) is 1.98. The van der Waals surface area contributed by atoms with Crippen LogP contribution in [-0.4, -0.2) is 24.3 Å². The van der Waals surface area contributed by atoms with Gasteiger partial charge in [-0.15, -0.1) is 0 Å². The smallest absolute Gasteiger partial charge is 0.315 e. The molecule has 0 aliphatic heterocycles. The van der Waals surface area contributed by atoms with Crippen molar-refractivity contribution in [3.8, 4) is 0 Å². The summed E-state index contributed by atoms with van der Waals surface area (Å²) < 4.78 is 0. The van der Waals surface area contributed by atoms with Gasteiger partial charge in [-0.25, -0.2) is 4.79 Å². The van der Waals surface area contributed by atoms with E-state index in [0.29, 0.717) is 24.5 Å². The molecule has 23 heavy (non-hydrogen) atoms. The van der Waals surface area contributed by atoms with Crippen molar-refractivity contribution in [3.63, 3.8) is 0 Å². The molecule has 0 saturated heterocycles. The van der Waals surface area contributed by atoms with Crippen LogP contribution >= 0.6 is 11.6 Å². The lowest BCUT2D eigenvalue weighted by Crippen LogP contribution is -2.37. The molecule has 3 N–H and O–H groups in total. The Morgan fingerprint density at radius 1 is 1.04 bits per heavy atom. The molecule has 1 atom stereocenters. The first-order valence-corrected chi connectivity index (χ1v) is 7.99. The summed E-state index contributed by atoms with van der Waals surface area (Å²) >= 11 is 6.06. The highest BCUT2D eigenvalue weighted by atomic mass is 35.5. The van der Waals surface area contributed by atoms with Crippen LogP contribution in [0.15, 0.2) is 54.6 Å². The van der Waals surface area contributed by atoms with Crippen LogP contribution in [0.25, 0.3) is 0 Å². The van der Waals surface area contributed by atoms with E-state index in [1.54, 1.807) is 6.07 Å². The molecule has 2 amide bonds. The second kappa shape index (κ2) is 9.18. The Kier molecular flexibility index (Phi) is 6.91. The molecule has 1 unspecified atom stereocenters. The van der Waals surface area contributed by atoms with E-state index in [0.717, 1.165) is 11.1 Å². The molecule has 122 valence electrons. The van der Waals surface area contributed by atoms with Crippen LogP contribution in [-0.2, 0) is 6.54 Å². The number of hydrogen-bond donors (Lipinski definition) is 3. The second-order valence-corrected chi connectivity index (χ2v) is 5.68. The number of benzene rings is 2. The van der Waals surface area contributed by atoms with Crippen molar-refractivity contribution in [2.45, 2.75) is 18.9 Å². The lowest BCUT2D eigenvalue weighted by molar-refractivity contribution is 0.237. The van der Waals surface area contributed by atoms with E-state index in [9.17, 15) is 9.90 Å². The molecule has 5 heteroatoms. The Hall–Kier alpha value is -2.04. The van der Waals surface area contributed by atoms with Crippen LogP contribution in [0.1, 0.15) is 23.5 Å². The van der Waals surface area contributed by atoms with Gasteiger partial charge in [0.2, 0.25) is 0 Å². The Morgan fingerprint density at radius 3 is 2.43 bits per heavy atom. The van der Waals surface area contributed by atoms with Crippen molar-refractivity contribution < 1.29 is 9.90 Å². The highest BCUT2D eigenvalue weighted by molar-refractivity contribution is 6.31. The first-order chi connectivity index (χ1) is 11.2. The normalized spacial score (nSPS) is 11.7. The molecule has 2 aromatic carbocycles. The first-order valence-electron chi connectivity index (χ1n) is 7.61. The van der Waals surface area contributed by atoms with Crippen LogP contribution in [0.5, 0.6) is 0 Å². The van der Waals surface area contributed by atoms with Crippen molar-refractivity contribution in [1.29, 1.82) is 0 Å². The monoisotopic (exact) mass is 332 g/mol. The van der Waals surface area contributed by atoms with E-state index in [4.69, 9.17) is 11.6 Å². The third-order valence-electron chi connectivity index (χ3n) is 3.65. The molecule has 0 fully saturated rings. The first kappa shape index (κ1) is 17.3. The number of urea groups is 1. The van der Waals surface area contributed by atoms with E-state index in [1.165, 1.54) is 0 Å². The maximum absolute atomic E-state index is 11.9. The SMILES string of the molecule is O=C(NCc1ccccc1Cl)NCC(CCO)c1ccccc1. The Balaban J connectivity index is 1.83. The molecule has 2 rings (SSSR count). The summed E-state index contributed by atoms with van der Waals surface area (Å²) in [6, 6.07) is 17.0. The van der Waals surface area contributed by atoms with Crippen LogP contribution in [0.3, 0.4) is 0 Å². The third-order valence-corrected chi connectivity index (χ3v) is 4.02. The maximum atomic E-state index is 11.9. The molecule has 0 saturated carbocycles. The van der Waals surface area contributed by atoms with Crippen molar-refractivity contribution in [2.75, 3.05) is 13.2 Å². The number of hydrogen-bond acceptors (Lipinski definition) is 2. The van der Waals surface area contributed by atoms with Gasteiger partial charge in [-0.2, -0.15) is 0 Å². The van der Waals surface area contributed by atoms with Gasteiger partial charge in [0, 0.05) is 30.6 Å². The zero-order valence-corrected chi connectivity index (χ0v) is 13.6. The fraction of sp³-hybridized carbons (Fsp3) is 0.278. The number of halogens is 1. The molecule has 0 spiro atoms. The second-order valence-electron chi connectivity index (χ2n) is 5.27.